The van der Waals surface area contributed by atoms with Gasteiger partial charge in [0.2, 0.25) is 0 Å². The Kier molecular flexibility index (Phi) is 33.1. The molecule has 38 heteroatoms. The molecule has 2 saturated heterocycles. The lowest BCUT2D eigenvalue weighted by Crippen LogP contribution is -2.44. The molecule has 2 aliphatic rings. The van der Waals surface area contributed by atoms with E-state index in [0.717, 1.165) is 79.5 Å². The molecular formula is C53H54ClN11O8S18. The number of hydrogen-bond donors (Lipinski definition) is 3. The number of pyridine rings is 2. The van der Waals surface area contributed by atoms with Gasteiger partial charge in [0, 0.05) is 266 Å². The van der Waals surface area contributed by atoms with Crippen molar-refractivity contribution in [3.8, 4) is 23.0 Å². The van der Waals surface area contributed by atoms with Gasteiger partial charge in [-0.15, -0.1) is 0 Å². The van der Waals surface area contributed by atoms with Crippen LogP contribution in [0, 0.1) is 0 Å². The maximum absolute atomic E-state index is 12.7. The topological polar surface area (TPSA) is 228 Å². The zero-order valence-corrected chi connectivity index (χ0v) is 63.5. The predicted octanol–water partition coefficient (Wildman–Crippen LogP) is 8.13. The number of primary amides is 1. The highest BCUT2D eigenvalue weighted by Crippen LogP contribution is 2.31. The van der Waals surface area contributed by atoms with Crippen LogP contribution in [0.25, 0.3) is 21.5 Å². The Bertz CT molecular complexity index is 4620. The monoisotopic (exact) mass is 1580 g/mol. The van der Waals surface area contributed by atoms with Gasteiger partial charge in [-0.05, 0) is 90.2 Å². The number of ketones is 1. The summed E-state index contributed by atoms with van der Waals surface area (Å²) in [6.07, 6.45) is 6.29. The number of ether oxygens (including phenoxy) is 2. The molecule has 8 aromatic rings. The number of Topliss-reactive ketones (excluding diaryl/α,β-unsaturated/α-hetero) is 1. The predicted molar refractivity (Wildman–Crippen MR) is 411 cm³/mol. The van der Waals surface area contributed by atoms with Crippen LogP contribution in [0.15, 0.2) is 131 Å². The first-order valence-electron chi connectivity index (χ1n) is 26.3. The Morgan fingerprint density at radius 1 is 0.560 bits per heavy atom. The second-order valence-corrected chi connectivity index (χ2v) is 46.8. The third-order valence-electron chi connectivity index (χ3n) is 12.4. The van der Waals surface area contributed by atoms with Crippen LogP contribution in [0.1, 0.15) is 55.0 Å². The van der Waals surface area contributed by atoms with Crippen LogP contribution in [-0.2, 0) is 164 Å². The number of nitrogens with zero attached hydrogens (tertiary/aromatic N) is 8. The van der Waals surface area contributed by atoms with Crippen LogP contribution in [0.5, 0.6) is 23.0 Å². The van der Waals surface area contributed by atoms with Crippen molar-refractivity contribution in [3.63, 3.8) is 0 Å². The number of anilines is 3. The van der Waals surface area contributed by atoms with E-state index in [1.165, 1.54) is 30.3 Å². The summed E-state index contributed by atoms with van der Waals surface area (Å²) in [7, 11) is 32.9. The molecule has 4 aromatic heterocycles. The number of amides is 3. The van der Waals surface area contributed by atoms with E-state index in [4.69, 9.17) is 58.0 Å². The van der Waals surface area contributed by atoms with Crippen LogP contribution in [0.2, 0.25) is 5.15 Å². The molecule has 0 unspecified atom stereocenters. The SMILES string of the molecule is CCC(=O)c1cccc2cc(Oc3ccnc(Cl)c3)ccc12.CN1CCN(c2nc(C(N)=O)co2)CC1.CNC(=O)c1cccc2cc(Oc3ccnc(NC(=O)c4coc(N5CCN(C)CC5)n4)c3)ccc12.S=S=S=S=S=S=S=S=S=S=S=S=S=S=S=S=S=S. The zero-order valence-electron chi connectivity index (χ0n) is 48.1. The van der Waals surface area contributed by atoms with Gasteiger partial charge in [0.05, 0.1) is 0 Å². The number of fused-ring (bicyclic) bond motifs is 2. The van der Waals surface area contributed by atoms with Gasteiger partial charge in [-0.3, -0.25) is 19.2 Å². The third kappa shape index (κ3) is 25.0. The number of hydrogen-bond acceptors (Lipinski definition) is 18. The molecule has 0 saturated carbocycles. The van der Waals surface area contributed by atoms with Crippen LogP contribution in [0.3, 0.4) is 0 Å². The highest BCUT2D eigenvalue weighted by Gasteiger charge is 2.22. The van der Waals surface area contributed by atoms with Crippen molar-refractivity contribution in [1.29, 1.82) is 0 Å². The molecule has 91 heavy (non-hydrogen) atoms. The molecule has 4 N–H and O–H groups in total. The highest BCUT2D eigenvalue weighted by molar-refractivity contribution is 8.77. The number of rotatable bonds is 12. The number of halogens is 1. The van der Waals surface area contributed by atoms with Crippen molar-refractivity contribution in [2.45, 2.75) is 13.3 Å². The van der Waals surface area contributed by atoms with Crippen molar-refractivity contribution in [2.75, 3.05) is 88.6 Å². The van der Waals surface area contributed by atoms with Crippen molar-refractivity contribution < 1.29 is 37.5 Å². The minimum Gasteiger partial charge on any atom is -0.457 e. The molecule has 0 atom stereocenters. The Morgan fingerprint density at radius 2 is 1.00 bits per heavy atom. The Morgan fingerprint density at radius 3 is 1.46 bits per heavy atom. The number of nitrogens with two attached hydrogens (primary N) is 1. The number of likely N-dealkylation sites (N-methyl/N-ethyl adjacent to an activating group) is 2. The van der Waals surface area contributed by atoms with Gasteiger partial charge in [-0.2, -0.15) is 9.97 Å². The summed E-state index contributed by atoms with van der Waals surface area (Å²) in [5.41, 5.74) is 6.80. The van der Waals surface area contributed by atoms with Crippen LogP contribution in [-0.4, -0.2) is 127 Å². The molecule has 4 aromatic carbocycles. The van der Waals surface area contributed by atoms with Gasteiger partial charge in [-0.1, -0.05) is 48.9 Å². The van der Waals surface area contributed by atoms with Gasteiger partial charge in [-0.25, -0.2) is 9.97 Å². The first-order chi connectivity index (χ1) is 44.2. The normalized spacial score (nSPS) is 12.5. The summed E-state index contributed by atoms with van der Waals surface area (Å²) in [5.74, 6) is 1.75. The number of carbonyl (C=O) groups excluding carboxylic acids is 4. The molecule has 0 radical (unpaired) electrons. The van der Waals surface area contributed by atoms with Crippen LogP contribution in [0.4, 0.5) is 17.8 Å². The second kappa shape index (κ2) is 40.7. The summed E-state index contributed by atoms with van der Waals surface area (Å²) in [6, 6.07) is 30.1. The fraction of sp³-hybridized carbons (Fsp3) is 0.245. The number of piperazine rings is 2. The lowest BCUT2D eigenvalue weighted by Gasteiger charge is -2.31. The van der Waals surface area contributed by atoms with Crippen LogP contribution >= 0.6 is 11.6 Å². The lowest BCUT2D eigenvalue weighted by atomic mass is 10.00. The molecule has 10 rings (SSSR count). The average Bonchev–Trinajstić information content (AvgIpc) is 1.77. The lowest BCUT2D eigenvalue weighted by molar-refractivity contribution is 0.0961. The molecule has 19 nitrogen and oxygen atoms in total. The molecule has 0 spiro atoms. The van der Waals surface area contributed by atoms with Gasteiger partial charge in [0.25, 0.3) is 29.8 Å². The maximum Gasteiger partial charge on any atom is 0.298 e. The first kappa shape index (κ1) is 74.0. The van der Waals surface area contributed by atoms with Crippen molar-refractivity contribution in [1.82, 2.24) is 35.1 Å². The molecule has 484 valence electrons. The Hall–Kier alpha value is -4.43. The summed E-state index contributed by atoms with van der Waals surface area (Å²) in [5, 5.41) is 9.39. The standard InChI is InChI=1S/C26H26N6O4.C18H14ClNO2.C9H14N4O2.S18/c1-27-24(33)21-5-3-4-17-14-18(6-7-20(17)21)36-19-8-9-28-23(15-19)30-25(34)22-16-35-26(29-22)32-12-10-31(2)11-13-32;1-2-17(21)16-5-3-4-12-10-13(6-7-15(12)16)22-14-8-9-20-18(19)11-14;1-12-2-4-13(5-3-12)9-11-7(6-15-9)8(10)14;1-3-5-7-9-11-13-15-17-18-16-14-12-10-8-6-4-2/h3-9,14-16H,10-13H2,1-2H3,(H,27,33)(H,28,30,34);3-11H,2H2,1H3;6H,2-5H2,1H3,(H2,10,14);. The van der Waals surface area contributed by atoms with E-state index >= 15 is 0 Å². The number of oxazole rings is 2. The molecule has 0 bridgehead atoms. The summed E-state index contributed by atoms with van der Waals surface area (Å²) in [6.45, 7) is 8.92. The van der Waals surface area contributed by atoms with E-state index < -0.39 is 11.8 Å². The molecule has 3 amide bonds. The van der Waals surface area contributed by atoms with E-state index in [-0.39, 0.29) is 23.1 Å². The molecule has 0 aliphatic carbocycles. The van der Waals surface area contributed by atoms with Crippen LogP contribution < -0.4 is 35.6 Å². The smallest absolute Gasteiger partial charge is 0.298 e. The highest BCUT2D eigenvalue weighted by atomic mass is 35.5. The quantitative estimate of drug-likeness (QED) is 0.0775. The number of benzene rings is 4. The minimum absolute atomic E-state index is 0.139. The van der Waals surface area contributed by atoms with Gasteiger partial charge >= 0.3 is 0 Å². The van der Waals surface area contributed by atoms with Crippen molar-refractivity contribution in [3.05, 3.63) is 150 Å². The minimum atomic E-state index is -0.556. The second-order valence-electron chi connectivity index (χ2n) is 18.1. The molecule has 2 fully saturated rings. The maximum atomic E-state index is 12.7. The van der Waals surface area contributed by atoms with Crippen molar-refractivity contribution >= 4 is 239 Å². The van der Waals surface area contributed by atoms with Gasteiger partial charge in [0.1, 0.15) is 46.5 Å². The zero-order chi connectivity index (χ0) is 64.7. The third-order valence-corrected chi connectivity index (χ3v) is 45.9. The number of carbonyl (C=O) groups is 4. The van der Waals surface area contributed by atoms with E-state index in [1.54, 1.807) is 180 Å². The largest absolute Gasteiger partial charge is 0.457 e. The first-order valence-corrected chi connectivity index (χ1v) is 49.3. The van der Waals surface area contributed by atoms with E-state index in [0.29, 0.717) is 58.0 Å². The fourth-order valence-electron chi connectivity index (χ4n) is 8.05. The molecule has 2 aliphatic heterocycles. The van der Waals surface area contributed by atoms with E-state index in [9.17, 15) is 19.2 Å². The summed E-state index contributed by atoms with van der Waals surface area (Å²) >= 11 is 15.3. The van der Waals surface area contributed by atoms with E-state index in [1.807, 2.05) is 77.4 Å². The Labute approximate surface area is 584 Å². The molecule has 6 heterocycles. The van der Waals surface area contributed by atoms with E-state index in [2.05, 4.69) is 54.5 Å². The fourth-order valence-corrected chi connectivity index (χ4v) is 46.6. The van der Waals surface area contributed by atoms with Gasteiger partial charge < -0.3 is 54.3 Å². The summed E-state index contributed by atoms with van der Waals surface area (Å²) < 4.78 is 22.5. The molecular weight excluding hydrogens is 1530 g/mol. The average molecular weight is 1590 g/mol. The Balaban J connectivity index is 0.000000184. The number of aromatic nitrogens is 4. The summed E-state index contributed by atoms with van der Waals surface area (Å²) in [4.78, 5) is 72.6. The van der Waals surface area contributed by atoms with Crippen molar-refractivity contribution in [2.24, 2.45) is 5.73 Å². The number of nitrogens with one attached hydrogen (secondary N) is 2. The van der Waals surface area contributed by atoms with Gasteiger partial charge in [0.15, 0.2) is 17.2 Å².